The van der Waals surface area contributed by atoms with E-state index in [9.17, 15) is 8.42 Å². The van der Waals surface area contributed by atoms with Crippen molar-refractivity contribution in [2.24, 2.45) is 0 Å². The van der Waals surface area contributed by atoms with E-state index in [0.717, 1.165) is 66.2 Å². The van der Waals surface area contributed by atoms with Gasteiger partial charge in [0.2, 0.25) is 0 Å². The lowest BCUT2D eigenvalue weighted by atomic mass is 9.92. The number of aromatic amines is 1. The van der Waals surface area contributed by atoms with Crippen LogP contribution in [0.4, 0.5) is 11.5 Å². The number of furan rings is 1. The highest BCUT2D eigenvalue weighted by molar-refractivity contribution is 7.90. The molecule has 0 bridgehead atoms. The highest BCUT2D eigenvalue weighted by Crippen LogP contribution is 2.46. The average molecular weight is 496 g/mol. The predicted molar refractivity (Wildman–Crippen MR) is 140 cm³/mol. The van der Waals surface area contributed by atoms with Crippen molar-refractivity contribution in [1.29, 1.82) is 0 Å². The maximum atomic E-state index is 12.2. The van der Waals surface area contributed by atoms with Gasteiger partial charge < -0.3 is 9.73 Å². The number of anilines is 2. The van der Waals surface area contributed by atoms with Crippen LogP contribution in [0.2, 0.25) is 0 Å². The Morgan fingerprint density at radius 2 is 1.91 bits per heavy atom. The molecular weight excluding hydrogens is 458 g/mol. The smallest absolute Gasteiger partial charge is 0.154 e. The Kier molecular flexibility index (Phi) is 6.32. The number of sulfone groups is 1. The Hall–Kier alpha value is -2.54. The van der Waals surface area contributed by atoms with E-state index in [1.165, 1.54) is 11.3 Å². The topological polar surface area (TPSA) is 88.0 Å². The van der Waals surface area contributed by atoms with Crippen molar-refractivity contribution in [2.45, 2.75) is 89.2 Å². The molecule has 188 valence electrons. The molecule has 0 spiro atoms. The first-order valence-electron chi connectivity index (χ1n) is 12.9. The summed E-state index contributed by atoms with van der Waals surface area (Å²) in [5.74, 6) is 4.28. The summed E-state index contributed by atoms with van der Waals surface area (Å²) in [5.41, 5.74) is 5.42. The van der Waals surface area contributed by atoms with Crippen LogP contribution in [-0.4, -0.2) is 24.4 Å². The molecule has 5 rings (SSSR count). The van der Waals surface area contributed by atoms with E-state index in [0.29, 0.717) is 18.3 Å². The first-order valence-corrected chi connectivity index (χ1v) is 14.7. The van der Waals surface area contributed by atoms with Crippen LogP contribution in [-0.2, 0) is 33.8 Å². The third-order valence-corrected chi connectivity index (χ3v) is 9.22. The molecule has 1 fully saturated rings. The lowest BCUT2D eigenvalue weighted by molar-refractivity contribution is 0.367. The van der Waals surface area contributed by atoms with Gasteiger partial charge in [0.05, 0.1) is 11.5 Å². The van der Waals surface area contributed by atoms with Gasteiger partial charge in [-0.15, -0.1) is 0 Å². The minimum Gasteiger partial charge on any atom is -0.465 e. The number of nitrogens with zero attached hydrogens (tertiary/aromatic N) is 1. The van der Waals surface area contributed by atoms with E-state index < -0.39 is 9.84 Å². The quantitative estimate of drug-likeness (QED) is 0.421. The first-order chi connectivity index (χ1) is 16.6. The molecule has 2 aromatic heterocycles. The minimum absolute atomic E-state index is 0.0180. The van der Waals surface area contributed by atoms with Gasteiger partial charge in [-0.3, -0.25) is 5.10 Å². The third kappa shape index (κ3) is 5.20. The molecule has 2 unspecified atom stereocenters. The number of rotatable bonds is 5. The molecule has 0 saturated heterocycles. The van der Waals surface area contributed by atoms with Gasteiger partial charge in [0, 0.05) is 34.7 Å². The zero-order valence-electron chi connectivity index (χ0n) is 21.3. The van der Waals surface area contributed by atoms with Crippen LogP contribution in [0.1, 0.15) is 99.1 Å². The summed E-state index contributed by atoms with van der Waals surface area (Å²) >= 11 is 0. The van der Waals surface area contributed by atoms with Crippen molar-refractivity contribution in [2.75, 3.05) is 11.1 Å². The van der Waals surface area contributed by atoms with Gasteiger partial charge in [0.15, 0.2) is 15.7 Å². The van der Waals surface area contributed by atoms with Gasteiger partial charge in [-0.2, -0.15) is 5.10 Å². The number of aryl methyl sites for hydroxylation is 2. The van der Waals surface area contributed by atoms with Crippen LogP contribution in [0.3, 0.4) is 0 Å². The fourth-order valence-electron chi connectivity index (χ4n) is 5.57. The van der Waals surface area contributed by atoms with Crippen molar-refractivity contribution in [1.82, 2.24) is 10.2 Å². The molecule has 6 nitrogen and oxygen atoms in total. The SMILES string of the molecule is CCc1cc(C(C)(C)C)oc1C1CCC(c2cc(Nc3ccc4c(c3)CS(=O)(=O)CCC4)n[nH]2)C1. The van der Waals surface area contributed by atoms with Crippen molar-refractivity contribution in [3.8, 4) is 0 Å². The van der Waals surface area contributed by atoms with E-state index in [1.54, 1.807) is 0 Å². The number of benzene rings is 1. The summed E-state index contributed by atoms with van der Waals surface area (Å²) in [4.78, 5) is 0. The summed E-state index contributed by atoms with van der Waals surface area (Å²) < 4.78 is 30.9. The number of nitrogens with one attached hydrogen (secondary N) is 2. The molecule has 1 aliphatic carbocycles. The Morgan fingerprint density at radius 3 is 2.69 bits per heavy atom. The van der Waals surface area contributed by atoms with Crippen molar-refractivity contribution < 1.29 is 12.8 Å². The molecule has 3 heterocycles. The zero-order chi connectivity index (χ0) is 24.8. The van der Waals surface area contributed by atoms with E-state index in [2.05, 4.69) is 55.3 Å². The van der Waals surface area contributed by atoms with Crippen molar-refractivity contribution >= 4 is 21.3 Å². The minimum atomic E-state index is -3.03. The Bertz CT molecular complexity index is 1310. The molecule has 1 saturated carbocycles. The number of aromatic nitrogens is 2. The van der Waals surface area contributed by atoms with Crippen LogP contribution >= 0.6 is 0 Å². The third-order valence-electron chi connectivity index (χ3n) is 7.56. The highest BCUT2D eigenvalue weighted by atomic mass is 32.2. The summed E-state index contributed by atoms with van der Waals surface area (Å²) in [7, 11) is -3.03. The van der Waals surface area contributed by atoms with E-state index in [4.69, 9.17) is 4.42 Å². The van der Waals surface area contributed by atoms with Crippen molar-refractivity contribution in [3.05, 3.63) is 64.2 Å². The number of hydrogen-bond acceptors (Lipinski definition) is 5. The summed E-state index contributed by atoms with van der Waals surface area (Å²) in [6, 6.07) is 10.4. The zero-order valence-corrected chi connectivity index (χ0v) is 22.1. The average Bonchev–Trinajstić information content (AvgIpc) is 3.51. The lowest BCUT2D eigenvalue weighted by Crippen LogP contribution is -2.09. The van der Waals surface area contributed by atoms with Crippen LogP contribution < -0.4 is 5.32 Å². The van der Waals surface area contributed by atoms with Gasteiger partial charge in [0.25, 0.3) is 0 Å². The maximum Gasteiger partial charge on any atom is 0.154 e. The summed E-state index contributed by atoms with van der Waals surface area (Å²) in [6.45, 7) is 8.82. The van der Waals surface area contributed by atoms with Gasteiger partial charge in [0.1, 0.15) is 11.5 Å². The van der Waals surface area contributed by atoms with Gasteiger partial charge in [-0.05, 0) is 73.4 Å². The van der Waals surface area contributed by atoms with Gasteiger partial charge in [-0.25, -0.2) is 8.42 Å². The molecule has 35 heavy (non-hydrogen) atoms. The normalized spacial score (nSPS) is 22.1. The van der Waals surface area contributed by atoms with E-state index in [-0.39, 0.29) is 16.9 Å². The maximum absolute atomic E-state index is 12.2. The molecule has 0 radical (unpaired) electrons. The Morgan fingerprint density at radius 1 is 1.11 bits per heavy atom. The Labute approximate surface area is 208 Å². The predicted octanol–water partition coefficient (Wildman–Crippen LogP) is 6.52. The van der Waals surface area contributed by atoms with E-state index >= 15 is 0 Å². The first kappa shape index (κ1) is 24.2. The monoisotopic (exact) mass is 495 g/mol. The summed E-state index contributed by atoms with van der Waals surface area (Å²) in [5, 5.41) is 11.1. The van der Waals surface area contributed by atoms with Crippen LogP contribution in [0.25, 0.3) is 0 Å². The molecule has 3 aromatic rings. The molecule has 2 aliphatic rings. The standard InChI is InChI=1S/C28H37N3O3S/c1-5-18-15-25(28(2,3)4)34-27(18)21-9-8-20(13-21)24-16-26(31-30-24)29-23-11-10-19-7-6-12-35(32,33)17-22(19)14-23/h10-11,14-16,20-21H,5-9,12-13,17H2,1-4H3,(H2,29,30,31). The van der Waals surface area contributed by atoms with Crippen LogP contribution in [0.15, 0.2) is 34.7 Å². The largest absolute Gasteiger partial charge is 0.465 e. The van der Waals surface area contributed by atoms with Crippen LogP contribution in [0, 0.1) is 0 Å². The molecule has 2 N–H and O–H groups in total. The molecule has 0 amide bonds. The number of fused-ring (bicyclic) bond motifs is 1. The highest BCUT2D eigenvalue weighted by Gasteiger charge is 2.33. The fraction of sp³-hybridized carbons (Fsp3) is 0.536. The second-order valence-electron chi connectivity index (χ2n) is 11.3. The molecule has 7 heteroatoms. The molecule has 1 aromatic carbocycles. The van der Waals surface area contributed by atoms with Crippen molar-refractivity contribution in [3.63, 3.8) is 0 Å². The number of H-pyrrole nitrogens is 1. The van der Waals surface area contributed by atoms with Gasteiger partial charge >= 0.3 is 0 Å². The van der Waals surface area contributed by atoms with Gasteiger partial charge in [-0.1, -0.05) is 33.8 Å². The second-order valence-corrected chi connectivity index (χ2v) is 13.5. The Balaban J connectivity index is 1.28. The van der Waals surface area contributed by atoms with Crippen LogP contribution in [0.5, 0.6) is 0 Å². The second kappa shape index (κ2) is 9.16. The fourth-order valence-corrected chi connectivity index (χ4v) is 7.04. The molecular formula is C28H37N3O3S. The number of hydrogen-bond donors (Lipinski definition) is 2. The molecule has 1 aliphatic heterocycles. The van der Waals surface area contributed by atoms with E-state index in [1.807, 2.05) is 18.2 Å². The lowest BCUT2D eigenvalue weighted by Gasteiger charge is -2.15. The summed E-state index contributed by atoms with van der Waals surface area (Å²) in [6.07, 6.45) is 5.80. The molecule has 2 atom stereocenters.